The van der Waals surface area contributed by atoms with Crippen molar-refractivity contribution in [1.29, 1.82) is 0 Å². The van der Waals surface area contributed by atoms with Gasteiger partial charge in [0.15, 0.2) is 0 Å². The van der Waals surface area contributed by atoms with E-state index in [0.29, 0.717) is 6.20 Å². The lowest BCUT2D eigenvalue weighted by atomic mass is 10.6. The van der Waals surface area contributed by atoms with Crippen molar-refractivity contribution in [2.45, 2.75) is 0 Å². The number of aromatic nitrogens is 2. The molecule has 16 nitrogen and oxygen atoms in total. The van der Waals surface area contributed by atoms with E-state index in [9.17, 15) is 14.0 Å². The predicted molar refractivity (Wildman–Crippen MR) is 70.4 cm³/mol. The highest BCUT2D eigenvalue weighted by Gasteiger charge is 2.01. The summed E-state index contributed by atoms with van der Waals surface area (Å²) < 4.78 is 38.6. The van der Waals surface area contributed by atoms with Crippen molar-refractivity contribution in [1.82, 2.24) is 9.97 Å². The molecule has 24 heavy (non-hydrogen) atoms. The van der Waals surface area contributed by atoms with Gasteiger partial charge in [0.2, 0.25) is 5.82 Å². The second kappa shape index (κ2) is 11.5. The van der Waals surface area contributed by atoms with Crippen LogP contribution in [-0.2, 0) is 13.7 Å². The summed E-state index contributed by atoms with van der Waals surface area (Å²) in [5.74, 6) is -0.991. The van der Waals surface area contributed by atoms with Crippen LogP contribution in [0.25, 0.3) is 0 Å². The summed E-state index contributed by atoms with van der Waals surface area (Å²) in [7, 11) is -13.9. The number of nitrogens with one attached hydrogen (secondary N) is 2. The first-order valence-corrected chi connectivity index (χ1v) is 9.22. The summed E-state index contributed by atoms with van der Waals surface area (Å²) in [6.07, 6.45) is 0.709. The number of aromatic amines is 2. The highest BCUT2D eigenvalue weighted by molar-refractivity contribution is 7.45. The van der Waals surface area contributed by atoms with Gasteiger partial charge in [0, 0.05) is 6.20 Å². The summed E-state index contributed by atoms with van der Waals surface area (Å²) >= 11 is 0. The number of rotatable bonds is 0. The molecule has 0 radical (unpaired) electrons. The number of halogens is 1. The standard InChI is InChI=1S/C4H3FN2O2.3H3O4P/c5-2-1-6-4(9)7-3(2)8;3*1-5(2,3)4/h1H,(H2,6,7,8,9);3*(H3,1,2,3,4). The molecule has 1 aromatic rings. The van der Waals surface area contributed by atoms with Crippen LogP contribution in [-0.4, -0.2) is 54.0 Å². The van der Waals surface area contributed by atoms with Crippen molar-refractivity contribution in [2.24, 2.45) is 0 Å². The Morgan fingerprint density at radius 1 is 0.750 bits per heavy atom. The Kier molecular flexibility index (Phi) is 13.3. The summed E-state index contributed by atoms with van der Waals surface area (Å²) in [4.78, 5) is 88.7. The third-order valence-electron chi connectivity index (χ3n) is 0.774. The average molecular weight is 424 g/mol. The summed E-state index contributed by atoms with van der Waals surface area (Å²) in [5.41, 5.74) is -1.71. The highest BCUT2D eigenvalue weighted by atomic mass is 31.2. The zero-order valence-corrected chi connectivity index (χ0v) is 13.5. The predicted octanol–water partition coefficient (Wildman–Crippen LogP) is -3.58. The summed E-state index contributed by atoms with van der Waals surface area (Å²) in [6, 6.07) is 0. The van der Waals surface area contributed by atoms with E-state index in [1.54, 1.807) is 4.98 Å². The smallest absolute Gasteiger partial charge is 0.311 e. The summed E-state index contributed by atoms with van der Waals surface area (Å²) in [6.45, 7) is 0. The molecule has 1 aromatic heterocycles. The number of hydrogen-bond acceptors (Lipinski definition) is 5. The van der Waals surface area contributed by atoms with Crippen LogP contribution in [0.3, 0.4) is 0 Å². The minimum atomic E-state index is -4.64. The maximum absolute atomic E-state index is 12.0. The third kappa shape index (κ3) is 58.4. The lowest BCUT2D eigenvalue weighted by Crippen LogP contribution is -2.23. The molecule has 0 saturated heterocycles. The van der Waals surface area contributed by atoms with Crippen LogP contribution in [0.15, 0.2) is 15.8 Å². The molecule has 144 valence electrons. The Morgan fingerprint density at radius 3 is 1.17 bits per heavy atom. The van der Waals surface area contributed by atoms with Gasteiger partial charge in [-0.15, -0.1) is 0 Å². The number of phosphoric acid groups is 3. The Hall–Kier alpha value is -1.06. The molecule has 0 saturated carbocycles. The molecule has 11 N–H and O–H groups in total. The van der Waals surface area contributed by atoms with E-state index in [4.69, 9.17) is 57.7 Å². The Labute approximate surface area is 129 Å². The second-order valence-corrected chi connectivity index (χ2v) is 6.04. The van der Waals surface area contributed by atoms with Gasteiger partial charge in [-0.3, -0.25) is 9.78 Å². The van der Waals surface area contributed by atoms with Gasteiger partial charge in [0.05, 0.1) is 0 Å². The normalized spacial score (nSPS) is 10.9. The number of H-pyrrole nitrogens is 2. The van der Waals surface area contributed by atoms with Crippen molar-refractivity contribution in [2.75, 3.05) is 0 Å². The highest BCUT2D eigenvalue weighted by Crippen LogP contribution is 2.26. The molecule has 0 spiro atoms. The molecule has 0 aliphatic heterocycles. The van der Waals surface area contributed by atoms with E-state index in [-0.39, 0.29) is 0 Å². The molecule has 0 fully saturated rings. The van der Waals surface area contributed by atoms with E-state index in [0.717, 1.165) is 0 Å². The largest absolute Gasteiger partial charge is 0.466 e. The van der Waals surface area contributed by atoms with Gasteiger partial charge in [0.1, 0.15) is 0 Å². The van der Waals surface area contributed by atoms with Gasteiger partial charge in [-0.1, -0.05) is 0 Å². The molecule has 0 unspecified atom stereocenters. The molecule has 0 aliphatic carbocycles. The van der Waals surface area contributed by atoms with E-state index in [1.807, 2.05) is 4.98 Å². The molecule has 0 atom stereocenters. The minimum Gasteiger partial charge on any atom is -0.311 e. The van der Waals surface area contributed by atoms with Crippen molar-refractivity contribution in [3.63, 3.8) is 0 Å². The third-order valence-corrected chi connectivity index (χ3v) is 0.774. The van der Waals surface area contributed by atoms with E-state index >= 15 is 0 Å². The molecule has 1 heterocycles. The quantitative estimate of drug-likeness (QED) is 0.179. The molecule has 1 rings (SSSR count). The molecule has 0 aromatic carbocycles. The van der Waals surface area contributed by atoms with Crippen LogP contribution in [0.1, 0.15) is 0 Å². The van der Waals surface area contributed by atoms with Crippen LogP contribution in [0.4, 0.5) is 4.39 Å². The number of hydrogen-bond donors (Lipinski definition) is 11. The maximum atomic E-state index is 12.0. The van der Waals surface area contributed by atoms with Crippen molar-refractivity contribution in [3.8, 4) is 0 Å². The Balaban J connectivity index is -0.000000259. The first-order chi connectivity index (χ1) is 10.2. The molecule has 0 amide bonds. The first-order valence-electron chi connectivity index (χ1n) is 4.52. The fourth-order valence-electron chi connectivity index (χ4n) is 0.393. The van der Waals surface area contributed by atoms with Crippen LogP contribution in [0.2, 0.25) is 0 Å². The van der Waals surface area contributed by atoms with Crippen LogP contribution in [0, 0.1) is 5.82 Å². The Bertz CT molecular complexity index is 650. The topological polar surface area (TPSA) is 299 Å². The van der Waals surface area contributed by atoms with E-state index in [1.165, 1.54) is 0 Å². The van der Waals surface area contributed by atoms with Gasteiger partial charge in [-0.25, -0.2) is 18.5 Å². The lowest BCUT2D eigenvalue weighted by Gasteiger charge is -1.82. The van der Waals surface area contributed by atoms with Crippen LogP contribution in [0.5, 0.6) is 0 Å². The first kappa shape index (κ1) is 27.8. The fourth-order valence-corrected chi connectivity index (χ4v) is 0.393. The van der Waals surface area contributed by atoms with Crippen molar-refractivity contribution in [3.05, 3.63) is 32.9 Å². The van der Waals surface area contributed by atoms with Crippen LogP contribution >= 0.6 is 23.5 Å². The van der Waals surface area contributed by atoms with Crippen molar-refractivity contribution >= 4 is 23.5 Å². The zero-order chi connectivity index (χ0) is 20.4. The van der Waals surface area contributed by atoms with Crippen molar-refractivity contribution < 1.29 is 62.1 Å². The SMILES string of the molecule is O=P(O)(O)O.O=P(O)(O)O.O=P(O)(O)O.O=c1[nH]cc(F)c(=O)[nH]1. The van der Waals surface area contributed by atoms with Gasteiger partial charge in [-0.2, -0.15) is 4.39 Å². The van der Waals surface area contributed by atoms with Gasteiger partial charge in [-0.05, 0) is 0 Å². The fraction of sp³-hybridized carbons (Fsp3) is 0. The Morgan fingerprint density at radius 2 is 1.00 bits per heavy atom. The van der Waals surface area contributed by atoms with E-state index in [2.05, 4.69) is 0 Å². The monoisotopic (exact) mass is 424 g/mol. The lowest BCUT2D eigenvalue weighted by molar-refractivity contribution is 0.272. The molecular formula is C4H12FN2O14P3. The van der Waals surface area contributed by atoms with Gasteiger partial charge in [0.25, 0.3) is 5.56 Å². The van der Waals surface area contributed by atoms with Gasteiger partial charge >= 0.3 is 29.2 Å². The molecular weight excluding hydrogens is 412 g/mol. The molecule has 20 heteroatoms. The zero-order valence-electron chi connectivity index (χ0n) is 10.9. The molecule has 0 aliphatic rings. The van der Waals surface area contributed by atoms with E-state index < -0.39 is 40.5 Å². The summed E-state index contributed by atoms with van der Waals surface area (Å²) in [5, 5.41) is 0. The average Bonchev–Trinajstić information content (AvgIpc) is 2.16. The minimum absolute atomic E-state index is 0.707. The van der Waals surface area contributed by atoms with Crippen LogP contribution < -0.4 is 11.2 Å². The molecule has 0 bridgehead atoms. The second-order valence-electron chi connectivity index (χ2n) is 2.96. The maximum Gasteiger partial charge on any atom is 0.466 e. The van der Waals surface area contributed by atoms with Gasteiger partial charge < -0.3 is 49.0 Å².